The molecule has 3 rings (SSSR count). The minimum absolute atomic E-state index is 0.0454. The number of aryl methyl sites for hydroxylation is 1. The number of pyridine rings is 1. The van der Waals surface area contributed by atoms with Crippen LogP contribution in [0.2, 0.25) is 0 Å². The van der Waals surface area contributed by atoms with Gasteiger partial charge in [-0.2, -0.15) is 0 Å². The molecule has 5 heteroatoms. The number of nitrogens with one attached hydrogen (secondary N) is 1. The van der Waals surface area contributed by atoms with Gasteiger partial charge in [-0.1, -0.05) is 13.0 Å². The summed E-state index contributed by atoms with van der Waals surface area (Å²) in [5.74, 6) is -0.128. The van der Waals surface area contributed by atoms with Gasteiger partial charge in [0.15, 0.2) is 0 Å². The van der Waals surface area contributed by atoms with Gasteiger partial charge in [-0.15, -0.1) is 11.3 Å². The van der Waals surface area contributed by atoms with E-state index in [-0.39, 0.29) is 11.9 Å². The summed E-state index contributed by atoms with van der Waals surface area (Å²) in [6.07, 6.45) is 4.55. The summed E-state index contributed by atoms with van der Waals surface area (Å²) >= 11 is 1.66. The number of amides is 1. The van der Waals surface area contributed by atoms with Crippen LogP contribution in [0.5, 0.6) is 0 Å². The number of rotatable bonds is 4. The Kier molecular flexibility index (Phi) is 3.75. The van der Waals surface area contributed by atoms with Crippen molar-refractivity contribution in [2.24, 2.45) is 0 Å². The van der Waals surface area contributed by atoms with E-state index in [1.54, 1.807) is 17.5 Å². The molecule has 1 atom stereocenters. The second-order valence-electron chi connectivity index (χ2n) is 5.05. The molecule has 0 aromatic carbocycles. The van der Waals surface area contributed by atoms with Gasteiger partial charge in [-0.05, 0) is 42.5 Å². The van der Waals surface area contributed by atoms with Crippen LogP contribution in [0.4, 0.5) is 0 Å². The van der Waals surface area contributed by atoms with Gasteiger partial charge in [-0.3, -0.25) is 4.79 Å². The smallest absolute Gasteiger partial charge is 0.272 e. The summed E-state index contributed by atoms with van der Waals surface area (Å²) in [4.78, 5) is 17.9. The van der Waals surface area contributed by atoms with Crippen molar-refractivity contribution in [3.8, 4) is 0 Å². The molecule has 1 N–H and O–H groups in total. The van der Waals surface area contributed by atoms with Crippen LogP contribution >= 0.6 is 11.3 Å². The fourth-order valence-corrected chi connectivity index (χ4v) is 3.15. The SMILES string of the molecule is CC[C@H](NC(=O)c1cn2ccc(C)cc2n1)c1cccs1. The third kappa shape index (κ3) is 2.83. The van der Waals surface area contributed by atoms with E-state index < -0.39 is 0 Å². The van der Waals surface area contributed by atoms with Gasteiger partial charge in [-0.25, -0.2) is 4.98 Å². The maximum Gasteiger partial charge on any atom is 0.272 e. The lowest BCUT2D eigenvalue weighted by atomic mass is 10.2. The molecule has 0 bridgehead atoms. The number of carbonyl (C=O) groups excluding carboxylic acids is 1. The van der Waals surface area contributed by atoms with Gasteiger partial charge >= 0.3 is 0 Å². The zero-order valence-corrected chi connectivity index (χ0v) is 12.9. The van der Waals surface area contributed by atoms with Crippen molar-refractivity contribution in [2.45, 2.75) is 26.3 Å². The molecule has 21 heavy (non-hydrogen) atoms. The summed E-state index contributed by atoms with van der Waals surface area (Å²) in [6.45, 7) is 4.08. The summed E-state index contributed by atoms with van der Waals surface area (Å²) in [5.41, 5.74) is 2.38. The van der Waals surface area contributed by atoms with E-state index in [2.05, 4.69) is 17.2 Å². The molecule has 0 unspecified atom stereocenters. The van der Waals surface area contributed by atoms with Crippen molar-refractivity contribution >= 4 is 22.9 Å². The Morgan fingerprint density at radius 2 is 2.33 bits per heavy atom. The highest BCUT2D eigenvalue weighted by molar-refractivity contribution is 7.10. The molecule has 3 aromatic rings. The molecule has 0 saturated heterocycles. The van der Waals surface area contributed by atoms with E-state index >= 15 is 0 Å². The monoisotopic (exact) mass is 299 g/mol. The average molecular weight is 299 g/mol. The van der Waals surface area contributed by atoms with Gasteiger partial charge < -0.3 is 9.72 Å². The fraction of sp³-hybridized carbons (Fsp3) is 0.250. The Morgan fingerprint density at radius 3 is 3.05 bits per heavy atom. The second-order valence-corrected chi connectivity index (χ2v) is 6.02. The number of thiophene rings is 1. The average Bonchev–Trinajstić information content (AvgIpc) is 3.12. The maximum atomic E-state index is 12.4. The lowest BCUT2D eigenvalue weighted by molar-refractivity contribution is 0.0932. The Labute approximate surface area is 127 Å². The molecule has 0 aliphatic heterocycles. The van der Waals surface area contributed by atoms with E-state index in [0.29, 0.717) is 5.69 Å². The van der Waals surface area contributed by atoms with Crippen molar-refractivity contribution in [1.29, 1.82) is 0 Å². The number of aromatic nitrogens is 2. The molecule has 0 radical (unpaired) electrons. The predicted molar refractivity (Wildman–Crippen MR) is 84.7 cm³/mol. The van der Waals surface area contributed by atoms with Crippen LogP contribution in [0.1, 0.15) is 40.3 Å². The predicted octanol–water partition coefficient (Wildman–Crippen LogP) is 3.59. The van der Waals surface area contributed by atoms with E-state index in [1.807, 2.05) is 47.2 Å². The highest BCUT2D eigenvalue weighted by Crippen LogP contribution is 2.22. The minimum atomic E-state index is -0.128. The molecule has 0 aliphatic carbocycles. The standard InChI is InChI=1S/C16H17N3OS/c1-3-12(14-5-4-8-21-14)18-16(20)13-10-19-7-6-11(2)9-15(19)17-13/h4-10,12H,3H2,1-2H3,(H,18,20)/t12-/m0/s1. The van der Waals surface area contributed by atoms with Gasteiger partial charge in [0.2, 0.25) is 0 Å². The molecule has 3 heterocycles. The number of hydrogen-bond donors (Lipinski definition) is 1. The van der Waals surface area contributed by atoms with Crippen molar-refractivity contribution < 1.29 is 4.79 Å². The van der Waals surface area contributed by atoms with E-state index in [9.17, 15) is 4.79 Å². The number of imidazole rings is 1. The van der Waals surface area contributed by atoms with Crippen molar-refractivity contribution in [3.63, 3.8) is 0 Å². The molecule has 1 amide bonds. The number of nitrogens with zero attached hydrogens (tertiary/aromatic N) is 2. The Hall–Kier alpha value is -2.14. The summed E-state index contributed by atoms with van der Waals surface area (Å²) < 4.78 is 1.87. The van der Waals surface area contributed by atoms with Crippen LogP contribution in [-0.2, 0) is 0 Å². The molecule has 0 fully saturated rings. The molecule has 4 nitrogen and oxygen atoms in total. The minimum Gasteiger partial charge on any atom is -0.343 e. The van der Waals surface area contributed by atoms with E-state index in [1.165, 1.54) is 4.88 Å². The normalized spacial score (nSPS) is 12.5. The maximum absolute atomic E-state index is 12.4. The van der Waals surface area contributed by atoms with Crippen LogP contribution in [0.15, 0.2) is 42.0 Å². The number of carbonyl (C=O) groups is 1. The molecule has 108 valence electrons. The first-order chi connectivity index (χ1) is 10.2. The van der Waals surface area contributed by atoms with E-state index in [4.69, 9.17) is 0 Å². The lowest BCUT2D eigenvalue weighted by Crippen LogP contribution is -2.27. The van der Waals surface area contributed by atoms with E-state index in [0.717, 1.165) is 17.6 Å². The highest BCUT2D eigenvalue weighted by Gasteiger charge is 2.17. The molecule has 0 aliphatic rings. The van der Waals surface area contributed by atoms with Gasteiger partial charge in [0, 0.05) is 17.3 Å². The molecular weight excluding hydrogens is 282 g/mol. The van der Waals surface area contributed by atoms with Crippen LogP contribution in [0.25, 0.3) is 5.65 Å². The van der Waals surface area contributed by atoms with Crippen molar-refractivity contribution in [2.75, 3.05) is 0 Å². The quantitative estimate of drug-likeness (QED) is 0.800. The van der Waals surface area contributed by atoms with Crippen LogP contribution in [0.3, 0.4) is 0 Å². The first-order valence-electron chi connectivity index (χ1n) is 6.97. The Bertz CT molecular complexity index is 761. The highest BCUT2D eigenvalue weighted by atomic mass is 32.1. The van der Waals surface area contributed by atoms with Crippen molar-refractivity contribution in [1.82, 2.24) is 14.7 Å². The van der Waals surface area contributed by atoms with Crippen LogP contribution in [0, 0.1) is 6.92 Å². The molecule has 0 saturated carbocycles. The first-order valence-corrected chi connectivity index (χ1v) is 7.85. The van der Waals surface area contributed by atoms with Gasteiger partial charge in [0.1, 0.15) is 11.3 Å². The van der Waals surface area contributed by atoms with Gasteiger partial charge in [0.25, 0.3) is 5.91 Å². The fourth-order valence-electron chi connectivity index (χ4n) is 2.29. The summed E-state index contributed by atoms with van der Waals surface area (Å²) in [5, 5.41) is 5.08. The van der Waals surface area contributed by atoms with Crippen LogP contribution in [-0.4, -0.2) is 15.3 Å². The zero-order chi connectivity index (χ0) is 14.8. The van der Waals surface area contributed by atoms with Crippen LogP contribution < -0.4 is 5.32 Å². The van der Waals surface area contributed by atoms with Crippen molar-refractivity contribution in [3.05, 3.63) is 58.2 Å². The second kappa shape index (κ2) is 5.69. The third-order valence-corrected chi connectivity index (χ3v) is 4.43. The largest absolute Gasteiger partial charge is 0.343 e. The molecule has 0 spiro atoms. The van der Waals surface area contributed by atoms with Gasteiger partial charge in [0.05, 0.1) is 6.04 Å². The molecule has 3 aromatic heterocycles. The number of hydrogen-bond acceptors (Lipinski definition) is 3. The number of fused-ring (bicyclic) bond motifs is 1. The third-order valence-electron chi connectivity index (χ3n) is 3.45. The topological polar surface area (TPSA) is 46.4 Å². The zero-order valence-electron chi connectivity index (χ0n) is 12.0. The molecular formula is C16H17N3OS. The summed E-state index contributed by atoms with van der Waals surface area (Å²) in [6, 6.07) is 8.06. The Balaban J connectivity index is 1.83. The summed E-state index contributed by atoms with van der Waals surface area (Å²) in [7, 11) is 0. The Morgan fingerprint density at radius 1 is 1.48 bits per heavy atom. The lowest BCUT2D eigenvalue weighted by Gasteiger charge is -2.14. The first kappa shape index (κ1) is 13.8.